The topological polar surface area (TPSA) is 153 Å². The fraction of sp³-hybridized carbons (Fsp3) is 0.304. The molecule has 202 valence electrons. The monoisotopic (exact) mass is 601 g/mol. The van der Waals surface area contributed by atoms with E-state index in [1.54, 1.807) is 24.3 Å². The molecule has 1 unspecified atom stereocenters. The van der Waals surface area contributed by atoms with Crippen LogP contribution in [0.1, 0.15) is 22.9 Å². The summed E-state index contributed by atoms with van der Waals surface area (Å²) in [6, 6.07) is 7.05. The zero-order chi connectivity index (χ0) is 27.8. The van der Waals surface area contributed by atoms with Crippen molar-refractivity contribution in [1.29, 1.82) is 0 Å². The Kier molecular flexibility index (Phi) is 8.05. The van der Waals surface area contributed by atoms with Crippen molar-refractivity contribution in [3.8, 4) is 11.4 Å². The first-order chi connectivity index (χ1) is 17.8. The Labute approximate surface area is 228 Å². The number of halogens is 3. The molecule has 1 aromatic heterocycles. The predicted molar refractivity (Wildman–Crippen MR) is 141 cm³/mol. The molecule has 1 aliphatic heterocycles. The maximum Gasteiger partial charge on any atom is 0.245 e. The average molecular weight is 602 g/mol. The number of anilines is 1. The summed E-state index contributed by atoms with van der Waals surface area (Å²) >= 11 is 11.7. The number of fused-ring (bicyclic) bond motifs is 1. The lowest BCUT2D eigenvalue weighted by atomic mass is 10.1. The minimum Gasteiger partial charge on any atom is -0.319 e. The van der Waals surface area contributed by atoms with E-state index in [0.29, 0.717) is 10.6 Å². The Hall–Kier alpha value is -2.71. The number of hydrogen-bond acceptors (Lipinski definition) is 9. The number of hydrogen-bond donors (Lipinski definition) is 1. The Morgan fingerprint density at radius 1 is 1.24 bits per heavy atom. The van der Waals surface area contributed by atoms with Gasteiger partial charge in [-0.1, -0.05) is 23.7 Å². The zero-order valence-corrected chi connectivity index (χ0v) is 23.0. The average Bonchev–Trinajstić information content (AvgIpc) is 2.91. The third-order valence-electron chi connectivity index (χ3n) is 5.95. The van der Waals surface area contributed by atoms with Crippen molar-refractivity contribution in [3.63, 3.8) is 0 Å². The first-order valence-electron chi connectivity index (χ1n) is 11.1. The molecule has 0 saturated carbocycles. The van der Waals surface area contributed by atoms with Crippen LogP contribution in [0.25, 0.3) is 11.4 Å². The van der Waals surface area contributed by atoms with Crippen LogP contribution in [0.15, 0.2) is 47.5 Å². The lowest BCUT2D eigenvalue weighted by Gasteiger charge is -2.25. The molecule has 0 aliphatic carbocycles. The molecule has 4 rings (SSSR count). The van der Waals surface area contributed by atoms with E-state index in [0.717, 1.165) is 29.5 Å². The Bertz CT molecular complexity index is 1600. The molecule has 38 heavy (non-hydrogen) atoms. The smallest absolute Gasteiger partial charge is 0.245 e. The van der Waals surface area contributed by atoms with Gasteiger partial charge in [-0.25, -0.2) is 26.2 Å². The number of carbonyl (C=O) groups excluding carboxylic acids is 1. The molecule has 1 amide bonds. The maximum atomic E-state index is 15.4. The van der Waals surface area contributed by atoms with Gasteiger partial charge in [-0.3, -0.25) is 4.79 Å². The van der Waals surface area contributed by atoms with E-state index in [2.05, 4.69) is 15.2 Å². The van der Waals surface area contributed by atoms with Crippen LogP contribution >= 0.6 is 23.2 Å². The lowest BCUT2D eigenvalue weighted by Crippen LogP contribution is -2.45. The van der Waals surface area contributed by atoms with Crippen LogP contribution in [0.2, 0.25) is 5.02 Å². The van der Waals surface area contributed by atoms with Gasteiger partial charge in [0, 0.05) is 17.2 Å². The van der Waals surface area contributed by atoms with Gasteiger partial charge in [0.15, 0.2) is 25.5 Å². The van der Waals surface area contributed by atoms with Crippen molar-refractivity contribution < 1.29 is 26.0 Å². The number of nitrogens with zero attached hydrogens (tertiary/aromatic N) is 4. The highest BCUT2D eigenvalue weighted by Crippen LogP contribution is 2.37. The third kappa shape index (κ3) is 5.81. The number of rotatable bonds is 7. The van der Waals surface area contributed by atoms with Gasteiger partial charge in [0.1, 0.15) is 11.1 Å². The highest BCUT2D eigenvalue weighted by atomic mass is 35.5. The third-order valence-corrected chi connectivity index (χ3v) is 9.72. The number of carbonyl (C=O) groups is 1. The summed E-state index contributed by atoms with van der Waals surface area (Å²) < 4.78 is 66.1. The van der Waals surface area contributed by atoms with Gasteiger partial charge >= 0.3 is 0 Å². The van der Waals surface area contributed by atoms with Gasteiger partial charge in [0.2, 0.25) is 5.91 Å². The number of alkyl halides is 1. The van der Waals surface area contributed by atoms with Crippen LogP contribution in [0.4, 0.5) is 10.1 Å². The second-order valence-electron chi connectivity index (χ2n) is 8.74. The van der Waals surface area contributed by atoms with E-state index in [1.807, 2.05) is 0 Å². The highest BCUT2D eigenvalue weighted by molar-refractivity contribution is 7.91. The standard InChI is InChI=1S/C23H22Cl2FN5O5S2/c1-37(33,34)20(6-7-24)18-10-28-30-22(29-18)15-8-19-21(9-16(15)26)38(35,36)12-17(27)23(32)31(19)11-13-2-4-14(25)5-3-13/h2-5,8-10,17,20H,6-7,11-12,27H2,1H3/t17-,20?/m0/s1. The molecule has 2 N–H and O–H groups in total. The van der Waals surface area contributed by atoms with Crippen LogP contribution < -0.4 is 10.6 Å². The summed E-state index contributed by atoms with van der Waals surface area (Å²) in [5.74, 6) is -2.68. The second kappa shape index (κ2) is 10.8. The van der Waals surface area contributed by atoms with Crippen molar-refractivity contribution in [3.05, 3.63) is 64.7 Å². The molecule has 2 heterocycles. The van der Waals surface area contributed by atoms with Gasteiger partial charge in [0.25, 0.3) is 0 Å². The molecule has 0 fully saturated rings. The van der Waals surface area contributed by atoms with Crippen molar-refractivity contribution in [1.82, 2.24) is 15.2 Å². The van der Waals surface area contributed by atoms with Crippen molar-refractivity contribution >= 4 is 54.5 Å². The van der Waals surface area contributed by atoms with Gasteiger partial charge in [0.05, 0.1) is 46.4 Å². The normalized spacial score (nSPS) is 18.1. The SMILES string of the molecule is CS(=O)(=O)C(CCCl)c1cnnc(-c2cc3c(cc2F)S(=O)(=O)C[C@H](N)C(=O)N3Cc2ccc(Cl)cc2)n1. The molecule has 0 radical (unpaired) electrons. The number of nitrogens with two attached hydrogens (primary N) is 1. The lowest BCUT2D eigenvalue weighted by molar-refractivity contribution is -0.119. The van der Waals surface area contributed by atoms with E-state index in [-0.39, 0.29) is 41.6 Å². The number of benzene rings is 2. The van der Waals surface area contributed by atoms with Crippen molar-refractivity contribution in [2.45, 2.75) is 29.2 Å². The molecule has 0 saturated heterocycles. The molecule has 1 aliphatic rings. The van der Waals surface area contributed by atoms with Gasteiger partial charge in [-0.15, -0.1) is 16.7 Å². The van der Waals surface area contributed by atoms with E-state index in [9.17, 15) is 21.6 Å². The van der Waals surface area contributed by atoms with E-state index in [4.69, 9.17) is 28.9 Å². The molecule has 10 nitrogen and oxygen atoms in total. The fourth-order valence-electron chi connectivity index (χ4n) is 4.09. The summed E-state index contributed by atoms with van der Waals surface area (Å²) in [6.45, 7) is -0.0810. The van der Waals surface area contributed by atoms with E-state index in [1.165, 1.54) is 0 Å². The summed E-state index contributed by atoms with van der Waals surface area (Å²) in [6.07, 6.45) is 2.19. The minimum atomic E-state index is -4.16. The Morgan fingerprint density at radius 2 is 1.92 bits per heavy atom. The Morgan fingerprint density at radius 3 is 2.55 bits per heavy atom. The van der Waals surface area contributed by atoms with Crippen molar-refractivity contribution in [2.75, 3.05) is 22.8 Å². The van der Waals surface area contributed by atoms with Crippen molar-refractivity contribution in [2.24, 2.45) is 5.73 Å². The van der Waals surface area contributed by atoms with Crippen LogP contribution in [-0.2, 0) is 31.0 Å². The summed E-state index contributed by atoms with van der Waals surface area (Å²) in [4.78, 5) is 18.2. The van der Waals surface area contributed by atoms with Crippen LogP contribution in [0.5, 0.6) is 0 Å². The maximum absolute atomic E-state index is 15.4. The van der Waals surface area contributed by atoms with Crippen LogP contribution in [0.3, 0.4) is 0 Å². The van der Waals surface area contributed by atoms with Gasteiger partial charge < -0.3 is 10.6 Å². The molecular formula is C23H22Cl2FN5O5S2. The summed E-state index contributed by atoms with van der Waals surface area (Å²) in [5.41, 5.74) is 6.13. The number of sulfone groups is 2. The van der Waals surface area contributed by atoms with E-state index >= 15 is 4.39 Å². The quantitative estimate of drug-likeness (QED) is 0.402. The van der Waals surface area contributed by atoms with Gasteiger partial charge in [-0.2, -0.15) is 5.10 Å². The first-order valence-corrected chi connectivity index (χ1v) is 15.7. The summed E-state index contributed by atoms with van der Waals surface area (Å²) in [5, 5.41) is 6.97. The molecule has 3 aromatic rings. The molecule has 15 heteroatoms. The minimum absolute atomic E-state index is 0.00349. The molecule has 2 atom stereocenters. The molecule has 0 spiro atoms. The fourth-order valence-corrected chi connectivity index (χ4v) is 7.23. The highest BCUT2D eigenvalue weighted by Gasteiger charge is 2.37. The first kappa shape index (κ1) is 28.3. The van der Waals surface area contributed by atoms with Crippen LogP contribution in [0, 0.1) is 5.82 Å². The summed E-state index contributed by atoms with van der Waals surface area (Å²) in [7, 11) is -7.81. The molecule has 2 aromatic carbocycles. The number of aromatic nitrogens is 3. The largest absolute Gasteiger partial charge is 0.319 e. The molecular weight excluding hydrogens is 580 g/mol. The second-order valence-corrected chi connectivity index (χ2v) is 13.8. The van der Waals surface area contributed by atoms with Gasteiger partial charge in [-0.05, 0) is 36.2 Å². The number of amides is 1. The Balaban J connectivity index is 1.89. The van der Waals surface area contributed by atoms with E-state index < -0.39 is 53.3 Å². The zero-order valence-electron chi connectivity index (χ0n) is 19.9. The predicted octanol–water partition coefficient (Wildman–Crippen LogP) is 2.69. The molecule has 0 bridgehead atoms. The van der Waals surface area contributed by atoms with Crippen LogP contribution in [-0.4, -0.2) is 61.9 Å².